The van der Waals surface area contributed by atoms with Crippen molar-refractivity contribution in [3.05, 3.63) is 233 Å². The number of thiophene rings is 1. The Balaban J connectivity index is 1.13. The Hall–Kier alpha value is -7.19. The third-order valence-corrected chi connectivity index (χ3v) is 12.7. The van der Waals surface area contributed by atoms with E-state index >= 15 is 0 Å². The average Bonchev–Trinajstić information content (AvgIpc) is 3.96. The van der Waals surface area contributed by atoms with E-state index < -0.39 is 5.41 Å². The maximum absolute atomic E-state index is 5.17. The molecule has 0 saturated carbocycles. The molecule has 274 valence electrons. The monoisotopic (exact) mass is 759 g/mol. The van der Waals surface area contributed by atoms with Crippen molar-refractivity contribution in [3.63, 3.8) is 0 Å². The number of hydrogen-bond donors (Lipinski definition) is 0. The van der Waals surface area contributed by atoms with Crippen LogP contribution in [0.5, 0.6) is 0 Å². The molecule has 1 aliphatic rings. The number of benzene rings is 7. The molecule has 0 bridgehead atoms. The second-order valence-electron chi connectivity index (χ2n) is 15.2. The number of para-hydroxylation sites is 3. The number of hydrogen-bond acceptors (Lipinski definition) is 3. The number of nitrogens with zero attached hydrogens (tertiary/aromatic N) is 3. The van der Waals surface area contributed by atoms with Crippen LogP contribution < -0.4 is 4.90 Å². The molecule has 0 aliphatic heterocycles. The fraction of sp³-hybridized carbons (Fsp3) is 0.0556. The van der Waals surface area contributed by atoms with Crippen molar-refractivity contribution in [2.24, 2.45) is 0 Å². The molecular formula is C54H37N3S. The number of anilines is 3. The van der Waals surface area contributed by atoms with Gasteiger partial charge in [-0.15, -0.1) is 11.3 Å². The van der Waals surface area contributed by atoms with Gasteiger partial charge in [-0.25, -0.2) is 4.98 Å². The van der Waals surface area contributed by atoms with Crippen LogP contribution in [0.1, 0.15) is 33.4 Å². The van der Waals surface area contributed by atoms with Crippen LogP contribution in [-0.4, -0.2) is 9.55 Å². The van der Waals surface area contributed by atoms with E-state index in [4.69, 9.17) is 4.98 Å². The minimum absolute atomic E-state index is 0.595. The Kier molecular flexibility index (Phi) is 7.93. The second kappa shape index (κ2) is 13.5. The normalized spacial score (nSPS) is 12.7. The van der Waals surface area contributed by atoms with Crippen LogP contribution in [0.15, 0.2) is 187 Å². The minimum atomic E-state index is -0.595. The van der Waals surface area contributed by atoms with Crippen LogP contribution in [0.2, 0.25) is 0 Å². The van der Waals surface area contributed by atoms with Crippen LogP contribution in [-0.2, 0) is 5.41 Å². The van der Waals surface area contributed by atoms with Crippen LogP contribution in [0.3, 0.4) is 0 Å². The van der Waals surface area contributed by atoms with E-state index in [9.17, 15) is 0 Å². The van der Waals surface area contributed by atoms with Crippen molar-refractivity contribution in [2.75, 3.05) is 4.90 Å². The molecule has 0 fully saturated rings. The van der Waals surface area contributed by atoms with E-state index in [-0.39, 0.29) is 0 Å². The minimum Gasteiger partial charge on any atom is -0.309 e. The van der Waals surface area contributed by atoms with Gasteiger partial charge >= 0.3 is 0 Å². The van der Waals surface area contributed by atoms with Gasteiger partial charge in [-0.05, 0) is 126 Å². The van der Waals surface area contributed by atoms with Gasteiger partial charge in [0, 0.05) is 43.7 Å². The van der Waals surface area contributed by atoms with Gasteiger partial charge in [0.2, 0.25) is 0 Å². The zero-order valence-electron chi connectivity index (χ0n) is 32.1. The Morgan fingerprint density at radius 3 is 2.16 bits per heavy atom. The third-order valence-electron chi connectivity index (χ3n) is 11.7. The van der Waals surface area contributed by atoms with Gasteiger partial charge in [0.15, 0.2) is 0 Å². The van der Waals surface area contributed by atoms with Gasteiger partial charge in [0.05, 0.1) is 22.1 Å². The second-order valence-corrected chi connectivity index (χ2v) is 16.1. The first-order valence-corrected chi connectivity index (χ1v) is 20.6. The zero-order chi connectivity index (χ0) is 38.8. The van der Waals surface area contributed by atoms with Crippen molar-refractivity contribution < 1.29 is 0 Å². The van der Waals surface area contributed by atoms with Crippen molar-refractivity contribution in [2.45, 2.75) is 19.3 Å². The fourth-order valence-electron chi connectivity index (χ4n) is 9.02. The Labute approximate surface area is 342 Å². The average molecular weight is 760 g/mol. The predicted octanol–water partition coefficient (Wildman–Crippen LogP) is 14.0. The molecular weight excluding hydrogens is 723 g/mol. The summed E-state index contributed by atoms with van der Waals surface area (Å²) in [5.41, 5.74) is 16.5. The van der Waals surface area contributed by atoms with Crippen molar-refractivity contribution >= 4 is 49.5 Å². The molecule has 58 heavy (non-hydrogen) atoms. The molecule has 0 radical (unpaired) electrons. The maximum Gasteiger partial charge on any atom is 0.145 e. The summed E-state index contributed by atoms with van der Waals surface area (Å²) >= 11 is 1.78. The molecule has 1 unspecified atom stereocenters. The molecule has 1 atom stereocenters. The summed E-state index contributed by atoms with van der Waals surface area (Å²) in [4.78, 5) is 7.60. The van der Waals surface area contributed by atoms with E-state index in [0.29, 0.717) is 0 Å². The number of aryl methyl sites for hydroxylation is 2. The Bertz CT molecular complexity index is 3070. The van der Waals surface area contributed by atoms with E-state index in [1.165, 1.54) is 43.5 Å². The molecule has 0 saturated heterocycles. The lowest BCUT2D eigenvalue weighted by molar-refractivity contribution is 0.768. The fourth-order valence-corrected chi connectivity index (χ4v) is 9.95. The van der Waals surface area contributed by atoms with E-state index in [1.807, 2.05) is 0 Å². The van der Waals surface area contributed by atoms with Gasteiger partial charge in [0.25, 0.3) is 0 Å². The first-order valence-electron chi connectivity index (χ1n) is 19.7. The van der Waals surface area contributed by atoms with E-state index in [2.05, 4.69) is 223 Å². The highest BCUT2D eigenvalue weighted by Crippen LogP contribution is 2.57. The van der Waals surface area contributed by atoms with Gasteiger partial charge < -0.3 is 4.90 Å². The smallest absolute Gasteiger partial charge is 0.145 e. The standard InChI is InChI=1S/C54H37N3S/c1-36-20-26-39(27-21-36)54(40-28-22-37(2)23-29-40)47-16-8-6-14-44(47)45-33-32-43(34-48(45)54)56(51-35-58-52-19-11-7-15-46(51)52)42-30-24-38(25-31-42)53-55-49-17-9-10-18-50(49)57(53)41-12-4-3-5-13-41/h3-22,24-28,30-35H,1-2H3. The highest BCUT2D eigenvalue weighted by atomic mass is 32.1. The molecule has 2 aromatic heterocycles. The largest absolute Gasteiger partial charge is 0.309 e. The Morgan fingerprint density at radius 1 is 0.603 bits per heavy atom. The first-order chi connectivity index (χ1) is 28.6. The summed E-state index contributed by atoms with van der Waals surface area (Å²) in [7, 11) is 0. The molecule has 10 aromatic rings. The number of aromatic nitrogens is 2. The van der Waals surface area contributed by atoms with Crippen LogP contribution in [0, 0.1) is 26.0 Å². The van der Waals surface area contributed by atoms with Crippen LogP contribution in [0.25, 0.3) is 49.3 Å². The molecule has 0 spiro atoms. The van der Waals surface area contributed by atoms with Crippen LogP contribution in [0.4, 0.5) is 17.1 Å². The number of fused-ring (bicyclic) bond motifs is 5. The summed E-state index contributed by atoms with van der Waals surface area (Å²) in [6, 6.07) is 73.0. The lowest BCUT2D eigenvalue weighted by Crippen LogP contribution is -2.28. The number of rotatable bonds is 7. The molecule has 1 aliphatic carbocycles. The van der Waals surface area contributed by atoms with Gasteiger partial charge in [-0.1, -0.05) is 121 Å². The van der Waals surface area contributed by atoms with Gasteiger partial charge in [-0.3, -0.25) is 4.57 Å². The quantitative estimate of drug-likeness (QED) is 0.161. The summed E-state index contributed by atoms with van der Waals surface area (Å²) < 4.78 is 3.51. The summed E-state index contributed by atoms with van der Waals surface area (Å²) in [5.74, 6) is 0.913. The molecule has 2 heterocycles. The maximum atomic E-state index is 5.17. The highest BCUT2D eigenvalue weighted by molar-refractivity contribution is 7.17. The van der Waals surface area contributed by atoms with Crippen molar-refractivity contribution in [1.29, 1.82) is 0 Å². The molecule has 3 nitrogen and oxygen atoms in total. The summed E-state index contributed by atoms with van der Waals surface area (Å²) in [5, 5.41) is 3.52. The lowest BCUT2D eigenvalue weighted by atomic mass is 9.68. The van der Waals surface area contributed by atoms with E-state index in [0.717, 1.165) is 56.3 Å². The number of imidazole rings is 1. The van der Waals surface area contributed by atoms with Crippen LogP contribution >= 0.6 is 11.3 Å². The Morgan fingerprint density at radius 2 is 1.33 bits per heavy atom. The summed E-state index contributed by atoms with van der Waals surface area (Å²) in [6.45, 7) is 4.24. The van der Waals surface area contributed by atoms with Gasteiger partial charge in [-0.2, -0.15) is 0 Å². The third kappa shape index (κ3) is 5.25. The molecule has 8 aromatic carbocycles. The molecule has 0 amide bonds. The molecule has 0 N–H and O–H groups in total. The van der Waals surface area contributed by atoms with Crippen molar-refractivity contribution in [1.82, 2.24) is 9.55 Å². The predicted molar refractivity (Wildman–Crippen MR) is 241 cm³/mol. The summed E-state index contributed by atoms with van der Waals surface area (Å²) in [6.07, 6.45) is 0. The highest BCUT2D eigenvalue weighted by Gasteiger charge is 2.47. The first kappa shape index (κ1) is 34.1. The van der Waals surface area contributed by atoms with Crippen molar-refractivity contribution in [3.8, 4) is 28.2 Å². The van der Waals surface area contributed by atoms with E-state index in [1.54, 1.807) is 11.3 Å². The SMILES string of the molecule is Cc1c#cc(C2(c3ccc(C)cc3)c3ccccc3-c3ccc(N(c4ccc(-c5nc6ccccc6n5-c5ccccc5)cc4)c4csc5ccccc45)cc32)cc1. The molecule has 4 heteroatoms. The zero-order valence-corrected chi connectivity index (χ0v) is 33.0. The molecule has 11 rings (SSSR count). The topological polar surface area (TPSA) is 21.1 Å². The van der Waals surface area contributed by atoms with Gasteiger partial charge in [0.1, 0.15) is 5.82 Å². The lowest BCUT2D eigenvalue weighted by Gasteiger charge is -2.34.